The fourth-order valence-corrected chi connectivity index (χ4v) is 2.09. The molecule has 0 heterocycles. The van der Waals surface area contributed by atoms with E-state index < -0.39 is 5.97 Å². The lowest BCUT2D eigenvalue weighted by molar-refractivity contribution is 0.0697. The minimum absolute atomic E-state index is 0.196. The third-order valence-electron chi connectivity index (χ3n) is 3.10. The molecule has 2 aromatic carbocycles. The third kappa shape index (κ3) is 3.34. The summed E-state index contributed by atoms with van der Waals surface area (Å²) in [5.74, 6) is 0.212. The second-order valence-electron chi connectivity index (χ2n) is 4.56. The highest BCUT2D eigenvalue weighted by Crippen LogP contribution is 2.34. The zero-order valence-electron chi connectivity index (χ0n) is 12.1. The van der Waals surface area contributed by atoms with E-state index in [1.165, 1.54) is 13.2 Å². The SMILES string of the molecule is CCCOc1ccccc1-c1ccc(OC)cc1C(=O)O. The number of carboxylic acids is 1. The van der Waals surface area contributed by atoms with Gasteiger partial charge in [0.25, 0.3) is 0 Å². The molecule has 2 rings (SSSR count). The summed E-state index contributed by atoms with van der Waals surface area (Å²) in [5.41, 5.74) is 1.59. The monoisotopic (exact) mass is 286 g/mol. The van der Waals surface area contributed by atoms with E-state index >= 15 is 0 Å². The highest BCUT2D eigenvalue weighted by atomic mass is 16.5. The van der Waals surface area contributed by atoms with Crippen molar-refractivity contribution in [3.8, 4) is 22.6 Å². The molecule has 1 N–H and O–H groups in total. The molecule has 0 saturated heterocycles. The molecule has 0 radical (unpaired) electrons. The summed E-state index contributed by atoms with van der Waals surface area (Å²) in [4.78, 5) is 11.5. The molecule has 4 nitrogen and oxygen atoms in total. The van der Waals surface area contributed by atoms with Crippen LogP contribution in [0.2, 0.25) is 0 Å². The zero-order valence-corrected chi connectivity index (χ0v) is 12.1. The van der Waals surface area contributed by atoms with Crippen molar-refractivity contribution < 1.29 is 19.4 Å². The number of hydrogen-bond donors (Lipinski definition) is 1. The van der Waals surface area contributed by atoms with Crippen molar-refractivity contribution in [2.24, 2.45) is 0 Å². The zero-order chi connectivity index (χ0) is 15.2. The second kappa shape index (κ2) is 6.79. The Morgan fingerprint density at radius 1 is 1.14 bits per heavy atom. The van der Waals surface area contributed by atoms with Gasteiger partial charge in [0, 0.05) is 11.1 Å². The van der Waals surface area contributed by atoms with Crippen molar-refractivity contribution >= 4 is 5.97 Å². The maximum Gasteiger partial charge on any atom is 0.336 e. The van der Waals surface area contributed by atoms with Crippen LogP contribution in [0.3, 0.4) is 0 Å². The molecule has 110 valence electrons. The van der Waals surface area contributed by atoms with Gasteiger partial charge in [0.05, 0.1) is 19.3 Å². The van der Waals surface area contributed by atoms with Gasteiger partial charge in [-0.15, -0.1) is 0 Å². The highest BCUT2D eigenvalue weighted by Gasteiger charge is 2.16. The van der Waals surface area contributed by atoms with Gasteiger partial charge in [-0.1, -0.05) is 25.1 Å². The first kappa shape index (κ1) is 14.9. The fraction of sp³-hybridized carbons (Fsp3) is 0.235. The number of rotatable bonds is 6. The number of benzene rings is 2. The van der Waals surface area contributed by atoms with E-state index in [0.717, 1.165) is 12.0 Å². The molecule has 0 aromatic heterocycles. The number of carboxylic acid groups (broad SMARTS) is 1. The highest BCUT2D eigenvalue weighted by molar-refractivity contribution is 5.97. The van der Waals surface area contributed by atoms with Gasteiger partial charge >= 0.3 is 5.97 Å². The molecule has 0 amide bonds. The summed E-state index contributed by atoms with van der Waals surface area (Å²) in [5, 5.41) is 9.42. The quantitative estimate of drug-likeness (QED) is 0.876. The van der Waals surface area contributed by atoms with Gasteiger partial charge in [0.15, 0.2) is 0 Å². The first-order valence-corrected chi connectivity index (χ1v) is 6.81. The number of aromatic carboxylic acids is 1. The Labute approximate surface area is 123 Å². The predicted molar refractivity (Wildman–Crippen MR) is 81.2 cm³/mol. The average molecular weight is 286 g/mol. The first-order chi connectivity index (χ1) is 10.2. The molecule has 0 atom stereocenters. The smallest absolute Gasteiger partial charge is 0.336 e. The Morgan fingerprint density at radius 2 is 1.90 bits per heavy atom. The van der Waals surface area contributed by atoms with Gasteiger partial charge in [0.1, 0.15) is 11.5 Å². The normalized spacial score (nSPS) is 10.2. The summed E-state index contributed by atoms with van der Waals surface area (Å²) in [6.07, 6.45) is 0.892. The van der Waals surface area contributed by atoms with Crippen LogP contribution in [0, 0.1) is 0 Å². The van der Waals surface area contributed by atoms with E-state index in [9.17, 15) is 9.90 Å². The van der Waals surface area contributed by atoms with Gasteiger partial charge in [-0.05, 0) is 30.7 Å². The number of carbonyl (C=O) groups is 1. The van der Waals surface area contributed by atoms with Gasteiger partial charge in [0.2, 0.25) is 0 Å². The van der Waals surface area contributed by atoms with Crippen LogP contribution in [0.5, 0.6) is 11.5 Å². The average Bonchev–Trinajstić information content (AvgIpc) is 2.52. The van der Waals surface area contributed by atoms with Crippen molar-refractivity contribution in [2.45, 2.75) is 13.3 Å². The molecular formula is C17H18O4. The summed E-state index contributed by atoms with van der Waals surface area (Å²) < 4.78 is 10.8. The van der Waals surface area contributed by atoms with Gasteiger partial charge in [-0.2, -0.15) is 0 Å². The van der Waals surface area contributed by atoms with Crippen molar-refractivity contribution in [3.05, 3.63) is 48.0 Å². The number of ether oxygens (including phenoxy) is 2. The van der Waals surface area contributed by atoms with Crippen molar-refractivity contribution in [1.82, 2.24) is 0 Å². The van der Waals surface area contributed by atoms with Crippen LogP contribution in [-0.2, 0) is 0 Å². The molecule has 0 aliphatic rings. The van der Waals surface area contributed by atoms with Crippen LogP contribution < -0.4 is 9.47 Å². The lowest BCUT2D eigenvalue weighted by Crippen LogP contribution is -2.02. The van der Waals surface area contributed by atoms with E-state index in [-0.39, 0.29) is 5.56 Å². The van der Waals surface area contributed by atoms with Crippen molar-refractivity contribution in [2.75, 3.05) is 13.7 Å². The summed E-state index contributed by atoms with van der Waals surface area (Å²) in [7, 11) is 1.51. The minimum atomic E-state index is -0.991. The van der Waals surface area contributed by atoms with Crippen LogP contribution in [-0.4, -0.2) is 24.8 Å². The summed E-state index contributed by atoms with van der Waals surface area (Å²) >= 11 is 0. The van der Waals surface area contributed by atoms with Crippen molar-refractivity contribution in [3.63, 3.8) is 0 Å². The van der Waals surface area contributed by atoms with Gasteiger partial charge in [-0.3, -0.25) is 0 Å². The van der Waals surface area contributed by atoms with E-state index in [2.05, 4.69) is 0 Å². The Balaban J connectivity index is 2.53. The third-order valence-corrected chi connectivity index (χ3v) is 3.10. The van der Waals surface area contributed by atoms with E-state index in [4.69, 9.17) is 9.47 Å². The Hall–Kier alpha value is -2.49. The lowest BCUT2D eigenvalue weighted by atomic mass is 9.98. The van der Waals surface area contributed by atoms with Crippen LogP contribution >= 0.6 is 0 Å². The molecule has 0 bridgehead atoms. The molecular weight excluding hydrogens is 268 g/mol. The Kier molecular flexibility index (Phi) is 4.82. The molecule has 0 spiro atoms. The maximum atomic E-state index is 11.5. The minimum Gasteiger partial charge on any atom is -0.497 e. The molecule has 21 heavy (non-hydrogen) atoms. The molecule has 4 heteroatoms. The molecule has 0 saturated carbocycles. The molecule has 0 fully saturated rings. The summed E-state index contributed by atoms with van der Waals surface area (Å²) in [6, 6.07) is 12.5. The largest absolute Gasteiger partial charge is 0.497 e. The molecule has 0 aliphatic heterocycles. The molecule has 0 unspecified atom stereocenters. The Morgan fingerprint density at radius 3 is 2.57 bits per heavy atom. The fourth-order valence-electron chi connectivity index (χ4n) is 2.09. The molecule has 0 aliphatic carbocycles. The van der Waals surface area contributed by atoms with Crippen molar-refractivity contribution in [1.29, 1.82) is 0 Å². The van der Waals surface area contributed by atoms with Gasteiger partial charge in [-0.25, -0.2) is 4.79 Å². The predicted octanol–water partition coefficient (Wildman–Crippen LogP) is 3.85. The first-order valence-electron chi connectivity index (χ1n) is 6.81. The number of para-hydroxylation sites is 1. The van der Waals surface area contributed by atoms with E-state index in [1.54, 1.807) is 12.1 Å². The van der Waals surface area contributed by atoms with Gasteiger partial charge < -0.3 is 14.6 Å². The van der Waals surface area contributed by atoms with E-state index in [1.807, 2.05) is 31.2 Å². The maximum absolute atomic E-state index is 11.5. The van der Waals surface area contributed by atoms with Crippen LogP contribution in [0.4, 0.5) is 0 Å². The lowest BCUT2D eigenvalue weighted by Gasteiger charge is -2.13. The number of hydrogen-bond acceptors (Lipinski definition) is 3. The Bertz CT molecular complexity index is 634. The molecule has 2 aromatic rings. The topological polar surface area (TPSA) is 55.8 Å². The van der Waals surface area contributed by atoms with Crippen LogP contribution in [0.15, 0.2) is 42.5 Å². The van der Waals surface area contributed by atoms with Crippen LogP contribution in [0.1, 0.15) is 23.7 Å². The number of methoxy groups -OCH3 is 1. The standard InChI is InChI=1S/C17H18O4/c1-3-10-21-16-7-5-4-6-14(16)13-9-8-12(20-2)11-15(13)17(18)19/h4-9,11H,3,10H2,1-2H3,(H,18,19). The summed E-state index contributed by atoms with van der Waals surface area (Å²) in [6.45, 7) is 2.62. The van der Waals surface area contributed by atoms with Crippen LogP contribution in [0.25, 0.3) is 11.1 Å². The second-order valence-corrected chi connectivity index (χ2v) is 4.56. The van der Waals surface area contributed by atoms with E-state index in [0.29, 0.717) is 23.7 Å².